The number of halogens is 1. The number of benzene rings is 1. The van der Waals surface area contributed by atoms with Crippen molar-refractivity contribution in [3.05, 3.63) is 58.2 Å². The molecule has 0 aliphatic heterocycles. The summed E-state index contributed by atoms with van der Waals surface area (Å²) in [5, 5.41) is 8.41. The Bertz CT molecular complexity index is 1200. The summed E-state index contributed by atoms with van der Waals surface area (Å²) in [5.41, 5.74) is 1.25. The number of nitrogens with zero attached hydrogens (tertiary/aromatic N) is 3. The number of aromatic nitrogens is 3. The van der Waals surface area contributed by atoms with E-state index in [4.69, 9.17) is 0 Å². The van der Waals surface area contributed by atoms with Crippen molar-refractivity contribution in [2.24, 2.45) is 0 Å². The third kappa shape index (κ3) is 3.65. The van der Waals surface area contributed by atoms with Crippen LogP contribution in [0.15, 0.2) is 46.0 Å². The first-order chi connectivity index (χ1) is 12.9. The van der Waals surface area contributed by atoms with E-state index < -0.39 is 15.8 Å². The smallest absolute Gasteiger partial charge is 0.211 e. The van der Waals surface area contributed by atoms with Crippen LogP contribution in [0.4, 0.5) is 4.39 Å². The van der Waals surface area contributed by atoms with Gasteiger partial charge < -0.3 is 0 Å². The van der Waals surface area contributed by atoms with Gasteiger partial charge >= 0.3 is 0 Å². The topological polar surface area (TPSA) is 76.4 Å². The Morgan fingerprint density at radius 2 is 2.11 bits per heavy atom. The molecule has 0 saturated heterocycles. The molecule has 10 heteroatoms. The average Bonchev–Trinajstić information content (AvgIpc) is 3.31. The Hall–Kier alpha value is -2.14. The molecule has 0 aliphatic carbocycles. The van der Waals surface area contributed by atoms with Gasteiger partial charge in [0.2, 0.25) is 15.0 Å². The Kier molecular flexibility index (Phi) is 4.81. The van der Waals surface area contributed by atoms with E-state index in [9.17, 15) is 12.8 Å². The Labute approximate surface area is 163 Å². The second kappa shape index (κ2) is 7.12. The lowest BCUT2D eigenvalue weighted by atomic mass is 10.2. The molecule has 4 rings (SSSR count). The molecular weight excluding hydrogens is 407 g/mol. The van der Waals surface area contributed by atoms with E-state index in [0.29, 0.717) is 17.8 Å². The predicted molar refractivity (Wildman–Crippen MR) is 104 cm³/mol. The lowest BCUT2D eigenvalue weighted by Gasteiger charge is -2.09. The molecule has 0 amide bonds. The number of hydrogen-bond donors (Lipinski definition) is 1. The number of aryl methyl sites for hydroxylation is 1. The zero-order valence-electron chi connectivity index (χ0n) is 14.2. The average molecular weight is 423 g/mol. The highest BCUT2D eigenvalue weighted by Gasteiger charge is 2.18. The van der Waals surface area contributed by atoms with Crippen molar-refractivity contribution in [2.45, 2.75) is 18.2 Å². The molecule has 0 radical (unpaired) electrons. The van der Waals surface area contributed by atoms with E-state index in [1.54, 1.807) is 22.8 Å². The van der Waals surface area contributed by atoms with Crippen molar-refractivity contribution < 1.29 is 12.8 Å². The SMILES string of the molecule is Cc1cc(F)ccc1S(=O)(=O)NCCc1csc2nc(-c3cccs3)nn12. The second-order valence-corrected chi connectivity index (χ2v) is 9.41. The fourth-order valence-electron chi connectivity index (χ4n) is 2.71. The molecule has 0 saturated carbocycles. The van der Waals surface area contributed by atoms with Gasteiger partial charge in [0, 0.05) is 18.3 Å². The van der Waals surface area contributed by atoms with Crippen molar-refractivity contribution in [2.75, 3.05) is 6.54 Å². The molecule has 0 unspecified atom stereocenters. The van der Waals surface area contributed by atoms with E-state index >= 15 is 0 Å². The highest BCUT2D eigenvalue weighted by Crippen LogP contribution is 2.24. The van der Waals surface area contributed by atoms with Gasteiger partial charge in [0.25, 0.3) is 0 Å². The Morgan fingerprint density at radius 3 is 2.85 bits per heavy atom. The monoisotopic (exact) mass is 422 g/mol. The lowest BCUT2D eigenvalue weighted by molar-refractivity contribution is 0.579. The van der Waals surface area contributed by atoms with Crippen LogP contribution < -0.4 is 4.72 Å². The summed E-state index contributed by atoms with van der Waals surface area (Å²) < 4.78 is 42.4. The van der Waals surface area contributed by atoms with Gasteiger partial charge in [0.1, 0.15) is 5.82 Å². The van der Waals surface area contributed by atoms with Crippen LogP contribution in [0.2, 0.25) is 0 Å². The van der Waals surface area contributed by atoms with Crippen molar-refractivity contribution in [1.29, 1.82) is 0 Å². The Morgan fingerprint density at radius 1 is 1.26 bits per heavy atom. The van der Waals surface area contributed by atoms with Crippen LogP contribution in [-0.2, 0) is 16.4 Å². The summed E-state index contributed by atoms with van der Waals surface area (Å²) in [6.45, 7) is 1.78. The van der Waals surface area contributed by atoms with Gasteiger partial charge in [0.15, 0.2) is 5.82 Å². The zero-order valence-corrected chi connectivity index (χ0v) is 16.7. The summed E-state index contributed by atoms with van der Waals surface area (Å²) >= 11 is 3.04. The van der Waals surface area contributed by atoms with Gasteiger partial charge in [-0.25, -0.2) is 22.0 Å². The standard InChI is InChI=1S/C17H15FN4O2S3/c1-11-9-12(18)4-5-15(11)27(23,24)19-7-6-13-10-26-17-20-16(21-22(13)17)14-3-2-8-25-14/h2-5,8-10,19H,6-7H2,1H3. The minimum Gasteiger partial charge on any atom is -0.211 e. The van der Waals surface area contributed by atoms with Gasteiger partial charge in [-0.3, -0.25) is 0 Å². The molecule has 0 bridgehead atoms. The van der Waals surface area contributed by atoms with E-state index in [-0.39, 0.29) is 11.4 Å². The van der Waals surface area contributed by atoms with Crippen LogP contribution in [0.3, 0.4) is 0 Å². The first kappa shape index (κ1) is 18.2. The van der Waals surface area contributed by atoms with Crippen molar-refractivity contribution in [3.8, 4) is 10.7 Å². The van der Waals surface area contributed by atoms with Crippen LogP contribution in [0.5, 0.6) is 0 Å². The predicted octanol–water partition coefficient (Wildman–Crippen LogP) is 3.49. The van der Waals surface area contributed by atoms with Crippen LogP contribution in [0.25, 0.3) is 15.7 Å². The molecule has 1 N–H and O–H groups in total. The van der Waals surface area contributed by atoms with Crippen LogP contribution in [0, 0.1) is 12.7 Å². The summed E-state index contributed by atoms with van der Waals surface area (Å²) in [7, 11) is -3.70. The fourth-order valence-corrected chi connectivity index (χ4v) is 5.48. The maximum atomic E-state index is 13.2. The maximum absolute atomic E-state index is 13.2. The van der Waals surface area contributed by atoms with Crippen molar-refractivity contribution in [1.82, 2.24) is 19.3 Å². The summed E-state index contributed by atoms with van der Waals surface area (Å²) in [6.07, 6.45) is 0.465. The normalized spacial score (nSPS) is 12.1. The molecule has 0 spiro atoms. The lowest BCUT2D eigenvalue weighted by Crippen LogP contribution is -2.27. The minimum absolute atomic E-state index is 0.0834. The molecular formula is C17H15FN4O2S3. The number of thiazole rings is 1. The van der Waals surface area contributed by atoms with Crippen LogP contribution in [0.1, 0.15) is 11.3 Å². The summed E-state index contributed by atoms with van der Waals surface area (Å²) in [4.78, 5) is 6.35. The quantitative estimate of drug-likeness (QED) is 0.516. The number of rotatable bonds is 6. The molecule has 0 atom stereocenters. The fraction of sp³-hybridized carbons (Fsp3) is 0.176. The van der Waals surface area contributed by atoms with E-state index in [1.165, 1.54) is 23.5 Å². The first-order valence-electron chi connectivity index (χ1n) is 8.07. The molecule has 3 heterocycles. The van der Waals surface area contributed by atoms with Gasteiger partial charge in [-0.05, 0) is 42.1 Å². The maximum Gasteiger partial charge on any atom is 0.240 e. The molecule has 0 fully saturated rings. The molecule has 27 heavy (non-hydrogen) atoms. The van der Waals surface area contributed by atoms with E-state index in [2.05, 4.69) is 14.8 Å². The van der Waals surface area contributed by atoms with Gasteiger partial charge in [-0.2, -0.15) is 4.98 Å². The number of nitrogens with one attached hydrogen (secondary N) is 1. The molecule has 6 nitrogen and oxygen atoms in total. The largest absolute Gasteiger partial charge is 0.240 e. The van der Waals surface area contributed by atoms with Gasteiger partial charge in [-0.15, -0.1) is 27.8 Å². The minimum atomic E-state index is -3.70. The van der Waals surface area contributed by atoms with Crippen molar-refractivity contribution >= 4 is 37.7 Å². The van der Waals surface area contributed by atoms with E-state index in [0.717, 1.165) is 21.6 Å². The Balaban J connectivity index is 1.49. The third-order valence-corrected chi connectivity index (χ3v) is 7.34. The van der Waals surface area contributed by atoms with Crippen molar-refractivity contribution in [3.63, 3.8) is 0 Å². The summed E-state index contributed by atoms with van der Waals surface area (Å²) in [6, 6.07) is 7.54. The van der Waals surface area contributed by atoms with Gasteiger partial charge in [-0.1, -0.05) is 6.07 Å². The molecule has 4 aromatic rings. The zero-order chi connectivity index (χ0) is 19.0. The number of sulfonamides is 1. The number of hydrogen-bond acceptors (Lipinski definition) is 6. The highest BCUT2D eigenvalue weighted by molar-refractivity contribution is 7.89. The van der Waals surface area contributed by atoms with Gasteiger partial charge in [0.05, 0.1) is 15.5 Å². The summed E-state index contributed by atoms with van der Waals surface area (Å²) in [5.74, 6) is 0.209. The van der Waals surface area contributed by atoms with Crippen LogP contribution >= 0.6 is 22.7 Å². The molecule has 1 aromatic carbocycles. The van der Waals surface area contributed by atoms with E-state index in [1.807, 2.05) is 22.9 Å². The highest BCUT2D eigenvalue weighted by atomic mass is 32.2. The number of fused-ring (bicyclic) bond motifs is 1. The number of thiophene rings is 1. The molecule has 140 valence electrons. The molecule has 0 aliphatic rings. The first-order valence-corrected chi connectivity index (χ1v) is 11.3. The third-order valence-electron chi connectivity index (χ3n) is 3.99. The molecule has 3 aromatic heterocycles. The van der Waals surface area contributed by atoms with Crippen LogP contribution in [-0.4, -0.2) is 29.6 Å². The second-order valence-electron chi connectivity index (χ2n) is 5.89.